The van der Waals surface area contributed by atoms with E-state index >= 15 is 0 Å². The van der Waals surface area contributed by atoms with E-state index in [2.05, 4.69) is 17.2 Å². The van der Waals surface area contributed by atoms with Crippen LogP contribution < -0.4 is 5.32 Å². The SMILES string of the molecule is CNCCCc1ncc(C2CCCC2C)o1. The van der Waals surface area contributed by atoms with Gasteiger partial charge in [0.05, 0.1) is 6.20 Å². The first-order chi connectivity index (χ1) is 7.81. The summed E-state index contributed by atoms with van der Waals surface area (Å²) in [5.74, 6) is 3.40. The van der Waals surface area contributed by atoms with Gasteiger partial charge in [-0.2, -0.15) is 0 Å². The molecule has 2 unspecified atom stereocenters. The molecule has 0 amide bonds. The van der Waals surface area contributed by atoms with E-state index in [-0.39, 0.29) is 0 Å². The molecule has 3 nitrogen and oxygen atoms in total. The molecular formula is C13H22N2O. The molecule has 2 rings (SSSR count). The largest absolute Gasteiger partial charge is 0.445 e. The second-order valence-corrected chi connectivity index (χ2v) is 4.88. The molecule has 1 aromatic heterocycles. The molecule has 1 saturated carbocycles. The highest BCUT2D eigenvalue weighted by molar-refractivity contribution is 5.05. The van der Waals surface area contributed by atoms with Crippen molar-refractivity contribution in [2.24, 2.45) is 5.92 Å². The summed E-state index contributed by atoms with van der Waals surface area (Å²) in [6.07, 6.45) is 7.92. The summed E-state index contributed by atoms with van der Waals surface area (Å²) in [6.45, 7) is 3.35. The highest BCUT2D eigenvalue weighted by Crippen LogP contribution is 2.39. The fourth-order valence-electron chi connectivity index (χ4n) is 2.60. The number of rotatable bonds is 5. The van der Waals surface area contributed by atoms with Gasteiger partial charge in [-0.05, 0) is 38.8 Å². The van der Waals surface area contributed by atoms with E-state index in [0.717, 1.165) is 37.0 Å². The minimum Gasteiger partial charge on any atom is -0.445 e. The van der Waals surface area contributed by atoms with Gasteiger partial charge in [0.15, 0.2) is 5.89 Å². The third kappa shape index (κ3) is 2.64. The smallest absolute Gasteiger partial charge is 0.194 e. The molecule has 0 radical (unpaired) electrons. The molecule has 16 heavy (non-hydrogen) atoms. The predicted molar refractivity (Wildman–Crippen MR) is 64.5 cm³/mol. The average Bonchev–Trinajstić information content (AvgIpc) is 2.87. The van der Waals surface area contributed by atoms with Crippen LogP contribution in [0.1, 0.15) is 50.2 Å². The van der Waals surface area contributed by atoms with E-state index in [4.69, 9.17) is 4.42 Å². The van der Waals surface area contributed by atoms with E-state index in [1.54, 1.807) is 0 Å². The summed E-state index contributed by atoms with van der Waals surface area (Å²) < 4.78 is 5.85. The monoisotopic (exact) mass is 222 g/mol. The Morgan fingerprint density at radius 3 is 3.06 bits per heavy atom. The first-order valence-corrected chi connectivity index (χ1v) is 6.40. The van der Waals surface area contributed by atoms with Crippen LogP contribution in [0.15, 0.2) is 10.6 Å². The number of nitrogens with zero attached hydrogens (tertiary/aromatic N) is 1. The summed E-state index contributed by atoms with van der Waals surface area (Å²) in [7, 11) is 1.97. The molecule has 0 spiro atoms. The van der Waals surface area contributed by atoms with Gasteiger partial charge in [-0.3, -0.25) is 0 Å². The number of nitrogens with one attached hydrogen (secondary N) is 1. The Balaban J connectivity index is 1.91. The minimum atomic E-state index is 0.616. The Morgan fingerprint density at radius 1 is 1.50 bits per heavy atom. The quantitative estimate of drug-likeness (QED) is 0.778. The highest BCUT2D eigenvalue weighted by atomic mass is 16.4. The van der Waals surface area contributed by atoms with Gasteiger partial charge in [0, 0.05) is 12.3 Å². The van der Waals surface area contributed by atoms with Crippen molar-refractivity contribution in [3.8, 4) is 0 Å². The Morgan fingerprint density at radius 2 is 2.38 bits per heavy atom. The lowest BCUT2D eigenvalue weighted by atomic mass is 9.96. The molecule has 3 heteroatoms. The van der Waals surface area contributed by atoms with Gasteiger partial charge >= 0.3 is 0 Å². The molecule has 1 aliphatic carbocycles. The van der Waals surface area contributed by atoms with Gasteiger partial charge in [0.2, 0.25) is 0 Å². The highest BCUT2D eigenvalue weighted by Gasteiger charge is 2.27. The van der Waals surface area contributed by atoms with Crippen molar-refractivity contribution in [1.29, 1.82) is 0 Å². The standard InChI is InChI=1S/C13H22N2O/c1-10-5-3-6-11(10)12-9-15-13(16-12)7-4-8-14-2/h9-11,14H,3-8H2,1-2H3. The molecule has 0 aliphatic heterocycles. The van der Waals surface area contributed by atoms with Crippen LogP contribution in [0.4, 0.5) is 0 Å². The fraction of sp³-hybridized carbons (Fsp3) is 0.769. The lowest BCUT2D eigenvalue weighted by Crippen LogP contribution is -2.08. The van der Waals surface area contributed by atoms with Gasteiger partial charge in [-0.1, -0.05) is 13.3 Å². The lowest BCUT2D eigenvalue weighted by Gasteiger charge is -2.10. The van der Waals surface area contributed by atoms with Crippen LogP contribution in [0.25, 0.3) is 0 Å². The molecule has 1 heterocycles. The number of aromatic nitrogens is 1. The molecule has 1 fully saturated rings. The third-order valence-corrected chi connectivity index (χ3v) is 3.62. The van der Waals surface area contributed by atoms with Crippen LogP contribution in [0.5, 0.6) is 0 Å². The molecule has 0 saturated heterocycles. The van der Waals surface area contributed by atoms with Crippen LogP contribution in [-0.2, 0) is 6.42 Å². The normalized spacial score (nSPS) is 25.1. The zero-order valence-electron chi connectivity index (χ0n) is 10.3. The second-order valence-electron chi connectivity index (χ2n) is 4.88. The van der Waals surface area contributed by atoms with Crippen molar-refractivity contribution in [3.63, 3.8) is 0 Å². The van der Waals surface area contributed by atoms with Crippen LogP contribution in [0, 0.1) is 5.92 Å². The Bertz CT molecular complexity index is 321. The summed E-state index contributed by atoms with van der Waals surface area (Å²) in [6, 6.07) is 0. The molecule has 1 aromatic rings. The number of aryl methyl sites for hydroxylation is 1. The molecule has 2 atom stereocenters. The molecule has 90 valence electrons. The van der Waals surface area contributed by atoms with Gasteiger partial charge in [0.25, 0.3) is 0 Å². The topological polar surface area (TPSA) is 38.1 Å². The fourth-order valence-corrected chi connectivity index (χ4v) is 2.60. The van der Waals surface area contributed by atoms with Crippen molar-refractivity contribution < 1.29 is 4.42 Å². The summed E-state index contributed by atoms with van der Waals surface area (Å²) in [5, 5.41) is 3.14. The van der Waals surface area contributed by atoms with Crippen LogP contribution >= 0.6 is 0 Å². The number of hydrogen-bond donors (Lipinski definition) is 1. The molecule has 0 aromatic carbocycles. The maximum absolute atomic E-state index is 5.85. The minimum absolute atomic E-state index is 0.616. The maximum atomic E-state index is 5.85. The van der Waals surface area contributed by atoms with Gasteiger partial charge in [-0.15, -0.1) is 0 Å². The first kappa shape index (κ1) is 11.6. The zero-order valence-corrected chi connectivity index (χ0v) is 10.3. The van der Waals surface area contributed by atoms with E-state index in [0.29, 0.717) is 5.92 Å². The van der Waals surface area contributed by atoms with E-state index < -0.39 is 0 Å². The average molecular weight is 222 g/mol. The Labute approximate surface area is 97.6 Å². The van der Waals surface area contributed by atoms with Gasteiger partial charge < -0.3 is 9.73 Å². The van der Waals surface area contributed by atoms with Crippen molar-refractivity contribution >= 4 is 0 Å². The Kier molecular flexibility index (Phi) is 3.99. The first-order valence-electron chi connectivity index (χ1n) is 6.40. The predicted octanol–water partition coefficient (Wildman–Crippen LogP) is 2.73. The van der Waals surface area contributed by atoms with Crippen LogP contribution in [0.2, 0.25) is 0 Å². The number of oxazole rings is 1. The van der Waals surface area contributed by atoms with Crippen molar-refractivity contribution in [1.82, 2.24) is 10.3 Å². The number of hydrogen-bond acceptors (Lipinski definition) is 3. The molecule has 1 aliphatic rings. The Hall–Kier alpha value is -0.830. The summed E-state index contributed by atoms with van der Waals surface area (Å²) >= 11 is 0. The van der Waals surface area contributed by atoms with E-state index in [1.165, 1.54) is 19.3 Å². The van der Waals surface area contributed by atoms with Crippen LogP contribution in [-0.4, -0.2) is 18.6 Å². The van der Waals surface area contributed by atoms with E-state index in [1.807, 2.05) is 13.2 Å². The maximum Gasteiger partial charge on any atom is 0.194 e. The summed E-state index contributed by atoms with van der Waals surface area (Å²) in [4.78, 5) is 4.37. The molecular weight excluding hydrogens is 200 g/mol. The molecule has 0 bridgehead atoms. The third-order valence-electron chi connectivity index (χ3n) is 3.62. The lowest BCUT2D eigenvalue weighted by molar-refractivity contribution is 0.387. The molecule has 1 N–H and O–H groups in total. The van der Waals surface area contributed by atoms with Crippen molar-refractivity contribution in [3.05, 3.63) is 17.8 Å². The van der Waals surface area contributed by atoms with Crippen molar-refractivity contribution in [2.45, 2.75) is 44.9 Å². The van der Waals surface area contributed by atoms with E-state index in [9.17, 15) is 0 Å². The van der Waals surface area contributed by atoms with Gasteiger partial charge in [0.1, 0.15) is 5.76 Å². The van der Waals surface area contributed by atoms with Gasteiger partial charge in [-0.25, -0.2) is 4.98 Å². The second kappa shape index (κ2) is 5.48. The van der Waals surface area contributed by atoms with Crippen LogP contribution in [0.3, 0.4) is 0 Å². The summed E-state index contributed by atoms with van der Waals surface area (Å²) in [5.41, 5.74) is 0. The van der Waals surface area contributed by atoms with Crippen molar-refractivity contribution in [2.75, 3.05) is 13.6 Å². The zero-order chi connectivity index (χ0) is 11.4.